The molecule has 4 aromatic rings. The van der Waals surface area contributed by atoms with Crippen LogP contribution in [0.2, 0.25) is 0 Å². The monoisotopic (exact) mass is 752 g/mol. The molecule has 276 valence electrons. The quantitative estimate of drug-likeness (QED) is 0.175. The van der Waals surface area contributed by atoms with Crippen LogP contribution in [-0.4, -0.2) is 70.7 Å². The lowest BCUT2D eigenvalue weighted by Gasteiger charge is -2.44. The van der Waals surface area contributed by atoms with E-state index in [1.54, 1.807) is 62.4 Å². The fraction of sp³-hybridized carbons (Fsp3) is 0.333. The second-order valence-corrected chi connectivity index (χ2v) is 16.7. The Balaban J connectivity index is 0.000000201. The first-order valence-corrected chi connectivity index (χ1v) is 19.5. The zero-order valence-corrected chi connectivity index (χ0v) is 30.2. The molecule has 0 aliphatic carbocycles. The number of nitro groups is 2. The lowest BCUT2D eigenvalue weighted by atomic mass is 9.81. The first-order chi connectivity index (χ1) is 24.5. The lowest BCUT2D eigenvalue weighted by molar-refractivity contribution is -0.385. The maximum atomic E-state index is 13.1. The predicted molar refractivity (Wildman–Crippen MR) is 192 cm³/mol. The average molecular weight is 753 g/mol. The predicted octanol–water partition coefficient (Wildman–Crippen LogP) is 5.31. The molecule has 2 heterocycles. The van der Waals surface area contributed by atoms with Crippen LogP contribution >= 0.6 is 0 Å². The van der Waals surface area contributed by atoms with Crippen LogP contribution in [0.3, 0.4) is 0 Å². The zero-order valence-electron chi connectivity index (χ0n) is 28.6. The molecule has 0 amide bonds. The fourth-order valence-corrected chi connectivity index (χ4v) is 10.5. The number of hydrogen-bond acceptors (Lipinski definition) is 10. The van der Waals surface area contributed by atoms with E-state index in [1.165, 1.54) is 45.0 Å². The number of nitro benzene ring substituents is 2. The number of piperidine rings is 2. The van der Waals surface area contributed by atoms with E-state index in [4.69, 9.17) is 0 Å². The van der Waals surface area contributed by atoms with Crippen molar-refractivity contribution in [1.29, 1.82) is 0 Å². The molecule has 2 N–H and O–H groups in total. The third kappa shape index (κ3) is 7.49. The van der Waals surface area contributed by atoms with E-state index in [2.05, 4.69) is 0 Å². The molecule has 2 saturated heterocycles. The molecule has 2 fully saturated rings. The summed E-state index contributed by atoms with van der Waals surface area (Å²) in [5, 5.41) is 44.4. The van der Waals surface area contributed by atoms with E-state index in [-0.39, 0.29) is 34.3 Å². The minimum Gasteiger partial charge on any atom is -0.383 e. The minimum atomic E-state index is -3.98. The van der Waals surface area contributed by atoms with Gasteiger partial charge in [-0.1, -0.05) is 72.8 Å². The van der Waals surface area contributed by atoms with Gasteiger partial charge < -0.3 is 10.2 Å². The van der Waals surface area contributed by atoms with Crippen LogP contribution in [-0.2, 0) is 31.2 Å². The summed E-state index contributed by atoms with van der Waals surface area (Å²) in [7, 11) is -7.95. The van der Waals surface area contributed by atoms with Crippen LogP contribution in [0.4, 0.5) is 11.4 Å². The van der Waals surface area contributed by atoms with E-state index >= 15 is 0 Å². The number of hydrogen-bond donors (Lipinski definition) is 2. The number of non-ortho nitro benzene ring substituents is 2. The molecule has 2 aliphatic heterocycles. The van der Waals surface area contributed by atoms with Crippen molar-refractivity contribution in [2.24, 2.45) is 0 Å². The highest BCUT2D eigenvalue weighted by atomic mass is 32.2. The van der Waals surface area contributed by atoms with Crippen LogP contribution in [0.25, 0.3) is 0 Å². The molecule has 6 rings (SSSR count). The Bertz CT molecular complexity index is 1990. The van der Waals surface area contributed by atoms with Crippen molar-refractivity contribution < 1.29 is 36.9 Å². The number of rotatable bonds is 8. The van der Waals surface area contributed by atoms with Gasteiger partial charge in [0.15, 0.2) is 0 Å². The van der Waals surface area contributed by atoms with E-state index in [0.717, 1.165) is 12.1 Å². The molecule has 4 aromatic carbocycles. The van der Waals surface area contributed by atoms with Gasteiger partial charge in [-0.25, -0.2) is 16.8 Å². The van der Waals surface area contributed by atoms with E-state index in [1.807, 2.05) is 12.1 Å². The van der Waals surface area contributed by atoms with Crippen LogP contribution in [0, 0.1) is 20.2 Å². The minimum absolute atomic E-state index is 0.143. The molecule has 0 bridgehead atoms. The second kappa shape index (κ2) is 15.2. The van der Waals surface area contributed by atoms with Crippen LogP contribution in [0.5, 0.6) is 0 Å². The summed E-state index contributed by atoms with van der Waals surface area (Å²) >= 11 is 0. The topological polar surface area (TPSA) is 201 Å². The fourth-order valence-electron chi connectivity index (χ4n) is 6.96. The SMILES string of the molecule is C[C@H]1N(S(=O)(=O)c2cccc([N+](=O)[O-])c2)CCC[C@@]1(O)c1ccccc1.C[C@H]1N(S(=O)(=O)c2cccc([N+](=O)[O-])c2)CCC[C@@]1(O)c1ccccc1. The van der Waals surface area contributed by atoms with Crippen molar-refractivity contribution in [1.82, 2.24) is 8.61 Å². The van der Waals surface area contributed by atoms with Gasteiger partial charge in [-0.2, -0.15) is 8.61 Å². The number of benzene rings is 4. The smallest absolute Gasteiger partial charge is 0.270 e. The lowest BCUT2D eigenvalue weighted by Crippen LogP contribution is -2.55. The third-order valence-electron chi connectivity index (χ3n) is 9.94. The maximum Gasteiger partial charge on any atom is 0.270 e. The van der Waals surface area contributed by atoms with E-state index in [0.29, 0.717) is 36.8 Å². The van der Waals surface area contributed by atoms with Gasteiger partial charge in [-0.3, -0.25) is 20.2 Å². The van der Waals surface area contributed by atoms with Gasteiger partial charge >= 0.3 is 0 Å². The summed E-state index contributed by atoms with van der Waals surface area (Å²) in [6.45, 7) is 3.84. The number of aliphatic hydroxyl groups is 2. The Kier molecular flexibility index (Phi) is 11.3. The van der Waals surface area contributed by atoms with Crippen molar-refractivity contribution >= 4 is 31.4 Å². The summed E-state index contributed by atoms with van der Waals surface area (Å²) in [6.07, 6.45) is 1.87. The summed E-state index contributed by atoms with van der Waals surface area (Å²) in [5.74, 6) is 0. The second-order valence-electron chi connectivity index (χ2n) is 12.9. The molecular weight excluding hydrogens is 713 g/mol. The van der Waals surface area contributed by atoms with Crippen molar-refractivity contribution in [3.63, 3.8) is 0 Å². The normalized spacial score (nSPS) is 24.3. The average Bonchev–Trinajstić information content (AvgIpc) is 3.15. The van der Waals surface area contributed by atoms with Crippen molar-refractivity contribution in [3.05, 3.63) is 141 Å². The van der Waals surface area contributed by atoms with Gasteiger partial charge in [-0.15, -0.1) is 0 Å². The summed E-state index contributed by atoms with van der Waals surface area (Å²) in [5.41, 5.74) is -1.87. The Hall–Kier alpha value is -4.58. The highest BCUT2D eigenvalue weighted by Crippen LogP contribution is 2.41. The van der Waals surface area contributed by atoms with Gasteiger partial charge in [0.25, 0.3) is 11.4 Å². The largest absolute Gasteiger partial charge is 0.383 e. The zero-order chi connectivity index (χ0) is 37.9. The molecule has 0 aromatic heterocycles. The first kappa shape index (κ1) is 38.6. The summed E-state index contributed by atoms with van der Waals surface area (Å²) < 4.78 is 54.8. The maximum absolute atomic E-state index is 13.1. The van der Waals surface area contributed by atoms with Gasteiger partial charge in [-0.05, 0) is 62.8 Å². The Morgan fingerprint density at radius 1 is 0.596 bits per heavy atom. The van der Waals surface area contributed by atoms with Crippen LogP contribution in [0.1, 0.15) is 50.7 Å². The van der Waals surface area contributed by atoms with Crippen molar-refractivity contribution in [2.75, 3.05) is 13.1 Å². The van der Waals surface area contributed by atoms with Gasteiger partial charge in [0, 0.05) is 37.4 Å². The molecule has 4 atom stereocenters. The highest BCUT2D eigenvalue weighted by molar-refractivity contribution is 7.89. The molecule has 2 aliphatic rings. The van der Waals surface area contributed by atoms with E-state index in [9.17, 15) is 47.3 Å². The number of sulfonamides is 2. The molecule has 0 spiro atoms. The molecule has 52 heavy (non-hydrogen) atoms. The Morgan fingerprint density at radius 3 is 1.27 bits per heavy atom. The van der Waals surface area contributed by atoms with Gasteiger partial charge in [0.2, 0.25) is 20.0 Å². The number of nitrogens with zero attached hydrogens (tertiary/aromatic N) is 4. The van der Waals surface area contributed by atoms with Crippen molar-refractivity contribution in [3.8, 4) is 0 Å². The first-order valence-electron chi connectivity index (χ1n) is 16.6. The summed E-state index contributed by atoms with van der Waals surface area (Å²) in [4.78, 5) is 20.4. The van der Waals surface area contributed by atoms with E-state index < -0.39 is 53.2 Å². The molecule has 0 unspecified atom stereocenters. The molecule has 0 radical (unpaired) electrons. The van der Waals surface area contributed by atoms with Crippen molar-refractivity contribution in [2.45, 2.75) is 72.6 Å². The molecule has 14 nitrogen and oxygen atoms in total. The molecular formula is C36H40N4O10S2. The Labute approximate surface area is 302 Å². The third-order valence-corrected chi connectivity index (χ3v) is 13.9. The van der Waals surface area contributed by atoms with Gasteiger partial charge in [0.05, 0.1) is 31.7 Å². The molecule has 16 heteroatoms. The highest BCUT2D eigenvalue weighted by Gasteiger charge is 2.47. The summed E-state index contributed by atoms with van der Waals surface area (Å²) in [6, 6.07) is 26.5. The van der Waals surface area contributed by atoms with Crippen LogP contribution in [0.15, 0.2) is 119 Å². The standard InChI is InChI=1S/2C18H20N2O5S/c2*1-14-18(21,15-7-3-2-4-8-15)11-6-12-19(14)26(24,25)17-10-5-9-16(13-17)20(22)23/h2*2-5,7-10,13-14,21H,6,11-12H2,1H3/t2*14-,18+/m11/s1. The Morgan fingerprint density at radius 2 is 0.942 bits per heavy atom. The van der Waals surface area contributed by atoms with Crippen LogP contribution < -0.4 is 0 Å². The van der Waals surface area contributed by atoms with Gasteiger partial charge in [0.1, 0.15) is 11.2 Å². The molecule has 0 saturated carbocycles.